The maximum absolute atomic E-state index is 12.4. The van der Waals surface area contributed by atoms with Crippen molar-refractivity contribution >= 4 is 27.3 Å². The van der Waals surface area contributed by atoms with Crippen LogP contribution in [0.4, 0.5) is 11.4 Å². The second-order valence-corrected chi connectivity index (χ2v) is 6.60. The third-order valence-corrected chi connectivity index (χ3v) is 4.53. The van der Waals surface area contributed by atoms with Crippen LogP contribution in [0.3, 0.4) is 0 Å². The molecule has 1 aromatic heterocycles. The minimum atomic E-state index is -3.76. The summed E-state index contributed by atoms with van der Waals surface area (Å²) in [7, 11) is -2.07. The lowest BCUT2D eigenvalue weighted by atomic mass is 10.2. The SMILES string of the molecule is C[C@@H]1Oc2cc(S(=O)(=O)Nc3cnn(C)c3)ccc2NC1=O. The number of nitrogens with one attached hydrogen (secondary N) is 2. The molecule has 22 heavy (non-hydrogen) atoms. The van der Waals surface area contributed by atoms with E-state index in [-0.39, 0.29) is 10.8 Å². The molecule has 1 atom stereocenters. The molecule has 2 N–H and O–H groups in total. The molecule has 116 valence electrons. The number of sulfonamides is 1. The Morgan fingerprint density at radius 1 is 1.41 bits per heavy atom. The fraction of sp³-hybridized carbons (Fsp3) is 0.231. The molecule has 1 aliphatic heterocycles. The van der Waals surface area contributed by atoms with E-state index in [4.69, 9.17) is 4.74 Å². The van der Waals surface area contributed by atoms with Crippen molar-refractivity contribution in [1.82, 2.24) is 9.78 Å². The van der Waals surface area contributed by atoms with E-state index >= 15 is 0 Å². The molecular formula is C13H14N4O4S. The fourth-order valence-electron chi connectivity index (χ4n) is 2.04. The molecule has 0 radical (unpaired) electrons. The summed E-state index contributed by atoms with van der Waals surface area (Å²) >= 11 is 0. The van der Waals surface area contributed by atoms with E-state index in [0.717, 1.165) is 0 Å². The average molecular weight is 322 g/mol. The molecule has 1 aromatic carbocycles. The van der Waals surface area contributed by atoms with E-state index in [1.54, 1.807) is 20.2 Å². The summed E-state index contributed by atoms with van der Waals surface area (Å²) in [6.45, 7) is 1.59. The second kappa shape index (κ2) is 5.02. The number of carbonyl (C=O) groups excluding carboxylic acids is 1. The lowest BCUT2D eigenvalue weighted by Gasteiger charge is -2.23. The molecule has 9 heteroatoms. The highest BCUT2D eigenvalue weighted by Gasteiger charge is 2.25. The van der Waals surface area contributed by atoms with Gasteiger partial charge in [0.15, 0.2) is 6.10 Å². The Kier molecular flexibility index (Phi) is 3.28. The molecule has 0 bridgehead atoms. The van der Waals surface area contributed by atoms with E-state index in [1.165, 1.54) is 29.1 Å². The van der Waals surface area contributed by atoms with E-state index in [1.807, 2.05) is 0 Å². The lowest BCUT2D eigenvalue weighted by molar-refractivity contribution is -0.122. The van der Waals surface area contributed by atoms with Crippen molar-refractivity contribution in [3.63, 3.8) is 0 Å². The van der Waals surface area contributed by atoms with Gasteiger partial charge in [-0.3, -0.25) is 14.2 Å². The van der Waals surface area contributed by atoms with Crippen LogP contribution in [-0.2, 0) is 21.9 Å². The number of fused-ring (bicyclic) bond motifs is 1. The highest BCUT2D eigenvalue weighted by atomic mass is 32.2. The van der Waals surface area contributed by atoms with Crippen LogP contribution in [0.1, 0.15) is 6.92 Å². The Labute approximate surface area is 127 Å². The van der Waals surface area contributed by atoms with E-state index in [9.17, 15) is 13.2 Å². The molecule has 0 saturated heterocycles. The topological polar surface area (TPSA) is 102 Å². The maximum Gasteiger partial charge on any atom is 0.265 e. The normalized spacial score (nSPS) is 17.4. The van der Waals surface area contributed by atoms with Gasteiger partial charge in [-0.25, -0.2) is 8.42 Å². The van der Waals surface area contributed by atoms with Gasteiger partial charge in [0.25, 0.3) is 15.9 Å². The van der Waals surface area contributed by atoms with Crippen molar-refractivity contribution in [2.75, 3.05) is 10.0 Å². The van der Waals surface area contributed by atoms with Crippen molar-refractivity contribution < 1.29 is 17.9 Å². The Morgan fingerprint density at radius 3 is 2.86 bits per heavy atom. The van der Waals surface area contributed by atoms with E-state index < -0.39 is 16.1 Å². The quantitative estimate of drug-likeness (QED) is 0.875. The number of nitrogens with zero attached hydrogens (tertiary/aromatic N) is 2. The molecule has 0 unspecified atom stereocenters. The van der Waals surface area contributed by atoms with Gasteiger partial charge in [0, 0.05) is 19.3 Å². The van der Waals surface area contributed by atoms with E-state index in [2.05, 4.69) is 15.1 Å². The number of carbonyl (C=O) groups is 1. The molecule has 0 saturated carbocycles. The summed E-state index contributed by atoms with van der Waals surface area (Å²) in [5.41, 5.74) is 0.811. The minimum Gasteiger partial charge on any atom is -0.479 e. The number of ether oxygens (including phenoxy) is 1. The van der Waals surface area contributed by atoms with Gasteiger partial charge in [-0.15, -0.1) is 0 Å². The summed E-state index contributed by atoms with van der Waals surface area (Å²) < 4.78 is 34.0. The van der Waals surface area contributed by atoms with Crippen molar-refractivity contribution in [2.24, 2.45) is 7.05 Å². The van der Waals surface area contributed by atoms with Crippen LogP contribution in [-0.4, -0.2) is 30.2 Å². The predicted molar refractivity (Wildman–Crippen MR) is 79.2 cm³/mol. The van der Waals surface area contributed by atoms with Crippen LogP contribution < -0.4 is 14.8 Å². The third kappa shape index (κ3) is 2.62. The molecule has 1 aliphatic rings. The van der Waals surface area contributed by atoms with Crippen molar-refractivity contribution in [2.45, 2.75) is 17.9 Å². The fourth-order valence-corrected chi connectivity index (χ4v) is 3.08. The van der Waals surface area contributed by atoms with Crippen LogP contribution in [0.15, 0.2) is 35.5 Å². The summed E-state index contributed by atoms with van der Waals surface area (Å²) in [6.07, 6.45) is 2.29. The van der Waals surface area contributed by atoms with Crippen LogP contribution in [0.2, 0.25) is 0 Å². The Balaban J connectivity index is 1.92. The lowest BCUT2D eigenvalue weighted by Crippen LogP contribution is -2.34. The molecule has 8 nitrogen and oxygen atoms in total. The van der Waals surface area contributed by atoms with Gasteiger partial charge in [0.2, 0.25) is 0 Å². The van der Waals surface area contributed by atoms with Crippen LogP contribution >= 0.6 is 0 Å². The zero-order valence-corrected chi connectivity index (χ0v) is 12.7. The number of benzene rings is 1. The van der Waals surface area contributed by atoms with E-state index in [0.29, 0.717) is 17.1 Å². The Bertz CT molecular complexity index is 843. The second-order valence-electron chi connectivity index (χ2n) is 4.92. The first-order valence-corrected chi connectivity index (χ1v) is 7.96. The predicted octanol–water partition coefficient (Wildman–Crippen LogP) is 0.940. The first-order valence-electron chi connectivity index (χ1n) is 6.48. The monoisotopic (exact) mass is 322 g/mol. The van der Waals surface area contributed by atoms with Crippen LogP contribution in [0, 0.1) is 0 Å². The number of aryl methyl sites for hydroxylation is 1. The Hall–Kier alpha value is -2.55. The average Bonchev–Trinajstić information content (AvgIpc) is 2.84. The molecule has 0 aliphatic carbocycles. The van der Waals surface area contributed by atoms with Crippen LogP contribution in [0.5, 0.6) is 5.75 Å². The summed E-state index contributed by atoms with van der Waals surface area (Å²) in [5.74, 6) is 0.0535. The zero-order valence-electron chi connectivity index (χ0n) is 11.9. The summed E-state index contributed by atoms with van der Waals surface area (Å²) in [4.78, 5) is 11.5. The molecule has 1 amide bonds. The molecule has 2 heterocycles. The number of aromatic nitrogens is 2. The van der Waals surface area contributed by atoms with Gasteiger partial charge in [-0.05, 0) is 19.1 Å². The van der Waals surface area contributed by atoms with Gasteiger partial charge in [-0.1, -0.05) is 0 Å². The number of amides is 1. The molecule has 0 spiro atoms. The smallest absolute Gasteiger partial charge is 0.265 e. The van der Waals surface area contributed by atoms with Gasteiger partial charge in [0.05, 0.1) is 22.5 Å². The van der Waals surface area contributed by atoms with Gasteiger partial charge in [0.1, 0.15) is 5.75 Å². The summed E-state index contributed by atoms with van der Waals surface area (Å²) in [5, 5.41) is 6.55. The molecule has 2 aromatic rings. The largest absolute Gasteiger partial charge is 0.479 e. The number of hydrogen-bond donors (Lipinski definition) is 2. The first kappa shape index (κ1) is 14.4. The number of rotatable bonds is 3. The Morgan fingerprint density at radius 2 is 2.18 bits per heavy atom. The van der Waals surface area contributed by atoms with Crippen molar-refractivity contribution in [3.05, 3.63) is 30.6 Å². The minimum absolute atomic E-state index is 0.0402. The molecule has 3 rings (SSSR count). The first-order chi connectivity index (χ1) is 10.3. The standard InChI is InChI=1S/C13H14N4O4S/c1-8-13(18)15-11-4-3-10(5-12(11)21-8)22(19,20)16-9-6-14-17(2)7-9/h3-8,16H,1-2H3,(H,15,18)/t8-/m0/s1. The number of anilines is 2. The van der Waals surface area contributed by atoms with Gasteiger partial charge >= 0.3 is 0 Å². The number of hydrogen-bond acceptors (Lipinski definition) is 5. The third-order valence-electron chi connectivity index (χ3n) is 3.15. The molecule has 0 fully saturated rings. The summed E-state index contributed by atoms with van der Waals surface area (Å²) in [6, 6.07) is 4.28. The molecular weight excluding hydrogens is 308 g/mol. The van der Waals surface area contributed by atoms with Crippen LogP contribution in [0.25, 0.3) is 0 Å². The zero-order chi connectivity index (χ0) is 15.9. The highest BCUT2D eigenvalue weighted by molar-refractivity contribution is 7.92. The van der Waals surface area contributed by atoms with Gasteiger partial charge < -0.3 is 10.1 Å². The van der Waals surface area contributed by atoms with Gasteiger partial charge in [-0.2, -0.15) is 5.10 Å². The highest BCUT2D eigenvalue weighted by Crippen LogP contribution is 2.32. The maximum atomic E-state index is 12.4. The van der Waals surface area contributed by atoms with Crippen molar-refractivity contribution in [3.8, 4) is 5.75 Å². The van der Waals surface area contributed by atoms with Crippen molar-refractivity contribution in [1.29, 1.82) is 0 Å².